The SMILES string of the molecule is CC(C)OCCCn1cccn1. The van der Waals surface area contributed by atoms with Crippen molar-refractivity contribution in [2.45, 2.75) is 32.9 Å². The molecule has 0 N–H and O–H groups in total. The highest BCUT2D eigenvalue weighted by atomic mass is 16.5. The van der Waals surface area contributed by atoms with Gasteiger partial charge in [-0.15, -0.1) is 0 Å². The predicted octanol–water partition coefficient (Wildman–Crippen LogP) is 1.70. The van der Waals surface area contributed by atoms with Crippen LogP contribution in [0.5, 0.6) is 0 Å². The Labute approximate surface area is 73.3 Å². The zero-order valence-electron chi connectivity index (χ0n) is 7.73. The lowest BCUT2D eigenvalue weighted by Gasteiger charge is -2.06. The quantitative estimate of drug-likeness (QED) is 0.626. The number of aromatic nitrogens is 2. The Bertz CT molecular complexity index is 194. The van der Waals surface area contributed by atoms with Gasteiger partial charge in [0.1, 0.15) is 0 Å². The highest BCUT2D eigenvalue weighted by molar-refractivity contribution is 4.77. The van der Waals surface area contributed by atoms with Crippen LogP contribution in [-0.2, 0) is 11.3 Å². The number of aryl methyl sites for hydroxylation is 1. The van der Waals surface area contributed by atoms with Crippen LogP contribution in [0.4, 0.5) is 0 Å². The summed E-state index contributed by atoms with van der Waals surface area (Å²) < 4.78 is 7.32. The van der Waals surface area contributed by atoms with Gasteiger partial charge in [0.15, 0.2) is 0 Å². The molecule has 12 heavy (non-hydrogen) atoms. The maximum absolute atomic E-state index is 5.40. The topological polar surface area (TPSA) is 27.1 Å². The van der Waals surface area contributed by atoms with Gasteiger partial charge >= 0.3 is 0 Å². The monoisotopic (exact) mass is 168 g/mol. The fourth-order valence-electron chi connectivity index (χ4n) is 0.978. The van der Waals surface area contributed by atoms with E-state index in [4.69, 9.17) is 4.74 Å². The van der Waals surface area contributed by atoms with Gasteiger partial charge in [-0.1, -0.05) is 0 Å². The molecule has 68 valence electrons. The lowest BCUT2D eigenvalue weighted by molar-refractivity contribution is 0.0743. The molecule has 0 aliphatic heterocycles. The van der Waals surface area contributed by atoms with Crippen LogP contribution in [0.1, 0.15) is 20.3 Å². The molecule has 0 aromatic carbocycles. The third-order valence-corrected chi connectivity index (χ3v) is 1.54. The minimum atomic E-state index is 0.336. The largest absolute Gasteiger partial charge is 0.379 e. The van der Waals surface area contributed by atoms with Gasteiger partial charge in [0.05, 0.1) is 6.10 Å². The van der Waals surface area contributed by atoms with E-state index in [1.165, 1.54) is 0 Å². The summed E-state index contributed by atoms with van der Waals surface area (Å²) >= 11 is 0. The van der Waals surface area contributed by atoms with E-state index < -0.39 is 0 Å². The van der Waals surface area contributed by atoms with E-state index in [1.807, 2.05) is 30.8 Å². The number of hydrogen-bond donors (Lipinski definition) is 0. The molecule has 0 unspecified atom stereocenters. The Kier molecular flexibility index (Phi) is 3.80. The molecule has 0 atom stereocenters. The maximum Gasteiger partial charge on any atom is 0.0518 e. The van der Waals surface area contributed by atoms with Crippen LogP contribution in [0.15, 0.2) is 18.5 Å². The molecule has 0 saturated carbocycles. The molecule has 0 saturated heterocycles. The second-order valence-electron chi connectivity index (χ2n) is 3.04. The molecular weight excluding hydrogens is 152 g/mol. The van der Waals surface area contributed by atoms with Crippen molar-refractivity contribution in [3.63, 3.8) is 0 Å². The lowest BCUT2D eigenvalue weighted by Crippen LogP contribution is -2.07. The zero-order valence-corrected chi connectivity index (χ0v) is 7.73. The number of rotatable bonds is 5. The molecule has 1 heterocycles. The average molecular weight is 168 g/mol. The molecule has 1 rings (SSSR count). The van der Waals surface area contributed by atoms with Crippen molar-refractivity contribution in [2.75, 3.05) is 6.61 Å². The molecule has 3 nitrogen and oxygen atoms in total. The van der Waals surface area contributed by atoms with E-state index in [0.717, 1.165) is 19.6 Å². The summed E-state index contributed by atoms with van der Waals surface area (Å²) in [5, 5.41) is 4.09. The van der Waals surface area contributed by atoms with Crippen molar-refractivity contribution >= 4 is 0 Å². The Morgan fingerprint density at radius 1 is 1.50 bits per heavy atom. The molecule has 0 aliphatic carbocycles. The van der Waals surface area contributed by atoms with Crippen molar-refractivity contribution in [3.8, 4) is 0 Å². The molecular formula is C9H16N2O. The molecule has 0 spiro atoms. The Balaban J connectivity index is 2.04. The Morgan fingerprint density at radius 2 is 2.33 bits per heavy atom. The van der Waals surface area contributed by atoms with Gasteiger partial charge < -0.3 is 4.74 Å². The van der Waals surface area contributed by atoms with Crippen LogP contribution < -0.4 is 0 Å². The highest BCUT2D eigenvalue weighted by Gasteiger charge is 1.93. The number of nitrogens with zero attached hydrogens (tertiary/aromatic N) is 2. The molecule has 1 aromatic heterocycles. The van der Waals surface area contributed by atoms with Crippen LogP contribution in [-0.4, -0.2) is 22.5 Å². The summed E-state index contributed by atoms with van der Waals surface area (Å²) in [5.74, 6) is 0. The normalized spacial score (nSPS) is 10.9. The van der Waals surface area contributed by atoms with E-state index in [-0.39, 0.29) is 0 Å². The van der Waals surface area contributed by atoms with Gasteiger partial charge in [-0.05, 0) is 26.3 Å². The number of hydrogen-bond acceptors (Lipinski definition) is 2. The van der Waals surface area contributed by atoms with Crippen LogP contribution in [0.3, 0.4) is 0 Å². The summed E-state index contributed by atoms with van der Waals surface area (Å²) in [6, 6.07) is 1.93. The molecule has 0 bridgehead atoms. The van der Waals surface area contributed by atoms with Crippen LogP contribution in [0.2, 0.25) is 0 Å². The van der Waals surface area contributed by atoms with Crippen LogP contribution in [0.25, 0.3) is 0 Å². The zero-order chi connectivity index (χ0) is 8.81. The van der Waals surface area contributed by atoms with E-state index in [2.05, 4.69) is 5.10 Å². The Morgan fingerprint density at radius 3 is 2.92 bits per heavy atom. The minimum Gasteiger partial charge on any atom is -0.379 e. The summed E-state index contributed by atoms with van der Waals surface area (Å²) in [7, 11) is 0. The van der Waals surface area contributed by atoms with E-state index in [1.54, 1.807) is 6.20 Å². The highest BCUT2D eigenvalue weighted by Crippen LogP contribution is 1.93. The molecule has 3 heteroatoms. The summed E-state index contributed by atoms with van der Waals surface area (Å²) in [5.41, 5.74) is 0. The first-order chi connectivity index (χ1) is 5.79. The van der Waals surface area contributed by atoms with Gasteiger partial charge in [0.2, 0.25) is 0 Å². The second kappa shape index (κ2) is 4.93. The van der Waals surface area contributed by atoms with Crippen molar-refractivity contribution in [1.82, 2.24) is 9.78 Å². The standard InChI is InChI=1S/C9H16N2O/c1-9(2)12-8-4-7-11-6-3-5-10-11/h3,5-6,9H,4,7-8H2,1-2H3. The third-order valence-electron chi connectivity index (χ3n) is 1.54. The van der Waals surface area contributed by atoms with E-state index >= 15 is 0 Å². The third kappa shape index (κ3) is 3.53. The minimum absolute atomic E-state index is 0.336. The van der Waals surface area contributed by atoms with Crippen molar-refractivity contribution < 1.29 is 4.74 Å². The smallest absolute Gasteiger partial charge is 0.0518 e. The van der Waals surface area contributed by atoms with E-state index in [9.17, 15) is 0 Å². The van der Waals surface area contributed by atoms with Crippen molar-refractivity contribution in [3.05, 3.63) is 18.5 Å². The fraction of sp³-hybridized carbons (Fsp3) is 0.667. The number of ether oxygens (including phenoxy) is 1. The Hall–Kier alpha value is -0.830. The van der Waals surface area contributed by atoms with Crippen LogP contribution in [0, 0.1) is 0 Å². The summed E-state index contributed by atoms with van der Waals surface area (Å²) in [4.78, 5) is 0. The van der Waals surface area contributed by atoms with Gasteiger partial charge in [-0.25, -0.2) is 0 Å². The van der Waals surface area contributed by atoms with Gasteiger partial charge in [-0.3, -0.25) is 4.68 Å². The van der Waals surface area contributed by atoms with Crippen LogP contribution >= 0.6 is 0 Å². The summed E-state index contributed by atoms with van der Waals surface area (Å²) in [6.45, 7) is 5.86. The van der Waals surface area contributed by atoms with E-state index in [0.29, 0.717) is 6.10 Å². The predicted molar refractivity (Wildman–Crippen MR) is 47.9 cm³/mol. The molecule has 0 amide bonds. The molecule has 0 aliphatic rings. The first kappa shape index (κ1) is 9.26. The van der Waals surface area contributed by atoms with Gasteiger partial charge in [0, 0.05) is 25.5 Å². The van der Waals surface area contributed by atoms with Crippen molar-refractivity contribution in [1.29, 1.82) is 0 Å². The van der Waals surface area contributed by atoms with Gasteiger partial charge in [0.25, 0.3) is 0 Å². The molecule has 0 radical (unpaired) electrons. The van der Waals surface area contributed by atoms with Gasteiger partial charge in [-0.2, -0.15) is 5.10 Å². The fourth-order valence-corrected chi connectivity index (χ4v) is 0.978. The second-order valence-corrected chi connectivity index (χ2v) is 3.04. The summed E-state index contributed by atoms with van der Waals surface area (Å²) in [6.07, 6.45) is 5.13. The first-order valence-electron chi connectivity index (χ1n) is 4.38. The first-order valence-corrected chi connectivity index (χ1v) is 4.38. The molecule has 1 aromatic rings. The molecule has 0 fully saturated rings. The average Bonchev–Trinajstić information content (AvgIpc) is 2.49. The maximum atomic E-state index is 5.40. The van der Waals surface area contributed by atoms with Crippen molar-refractivity contribution in [2.24, 2.45) is 0 Å². The lowest BCUT2D eigenvalue weighted by atomic mass is 10.4.